The van der Waals surface area contributed by atoms with Gasteiger partial charge in [-0.25, -0.2) is 9.59 Å². The number of para-hydroxylation sites is 1. The lowest BCUT2D eigenvalue weighted by molar-refractivity contribution is -0.134. The van der Waals surface area contributed by atoms with E-state index in [1.807, 2.05) is 18.3 Å². The zero-order chi connectivity index (χ0) is 12.7. The van der Waals surface area contributed by atoms with E-state index in [2.05, 4.69) is 23.2 Å². The number of carboxylic acids is 2. The second kappa shape index (κ2) is 6.12. The Labute approximate surface area is 97.0 Å². The molecule has 1 aromatic carbocycles. The molecule has 1 heterocycles. The lowest BCUT2D eigenvalue weighted by atomic mass is 10.3. The van der Waals surface area contributed by atoms with Gasteiger partial charge in [-0.05, 0) is 17.5 Å². The van der Waals surface area contributed by atoms with Crippen molar-refractivity contribution in [2.24, 2.45) is 0 Å². The first-order valence-corrected chi connectivity index (χ1v) is 4.75. The van der Waals surface area contributed by atoms with Crippen LogP contribution in [0.4, 0.5) is 0 Å². The highest BCUT2D eigenvalue weighted by Gasteiger charge is 1.88. The monoisotopic (exact) mass is 233 g/mol. The molecule has 0 unspecified atom stereocenters. The minimum atomic E-state index is -1.26. The maximum atomic E-state index is 9.55. The smallest absolute Gasteiger partial charge is 0.328 e. The lowest BCUT2D eigenvalue weighted by Crippen LogP contribution is -1.91. The van der Waals surface area contributed by atoms with Crippen LogP contribution in [0.1, 0.15) is 0 Å². The summed E-state index contributed by atoms with van der Waals surface area (Å²) < 4.78 is 0. The molecule has 5 heteroatoms. The Morgan fingerprint density at radius 1 is 1.00 bits per heavy atom. The number of fused-ring (bicyclic) bond motifs is 1. The maximum absolute atomic E-state index is 9.55. The Hall–Kier alpha value is -2.56. The molecule has 5 nitrogen and oxygen atoms in total. The van der Waals surface area contributed by atoms with Crippen LogP contribution < -0.4 is 0 Å². The quantitative estimate of drug-likeness (QED) is 0.691. The Morgan fingerprint density at radius 3 is 2.12 bits per heavy atom. The van der Waals surface area contributed by atoms with Gasteiger partial charge in [-0.3, -0.25) is 0 Å². The molecule has 17 heavy (non-hydrogen) atoms. The molecule has 0 atom stereocenters. The minimum absolute atomic E-state index is 0.558. The molecule has 0 spiro atoms. The Balaban J connectivity index is 0.000000172. The van der Waals surface area contributed by atoms with Crippen molar-refractivity contribution in [2.45, 2.75) is 0 Å². The van der Waals surface area contributed by atoms with Gasteiger partial charge in [0.25, 0.3) is 0 Å². The largest absolute Gasteiger partial charge is 0.478 e. The van der Waals surface area contributed by atoms with Crippen molar-refractivity contribution in [1.29, 1.82) is 0 Å². The predicted molar refractivity (Wildman–Crippen MR) is 62.7 cm³/mol. The molecule has 0 aliphatic heterocycles. The molecule has 0 radical (unpaired) electrons. The van der Waals surface area contributed by atoms with Crippen molar-refractivity contribution in [3.8, 4) is 0 Å². The van der Waals surface area contributed by atoms with Crippen LogP contribution in [0, 0.1) is 0 Å². The average Bonchev–Trinajstić information content (AvgIpc) is 2.75. The van der Waals surface area contributed by atoms with Crippen LogP contribution in [0.15, 0.2) is 48.7 Å². The number of H-pyrrole nitrogens is 1. The van der Waals surface area contributed by atoms with Crippen LogP contribution in [0.25, 0.3) is 10.9 Å². The van der Waals surface area contributed by atoms with Gasteiger partial charge in [-0.2, -0.15) is 0 Å². The first kappa shape index (κ1) is 12.5. The second-order valence-corrected chi connectivity index (χ2v) is 3.07. The fourth-order valence-corrected chi connectivity index (χ4v) is 1.14. The zero-order valence-corrected chi connectivity index (χ0v) is 8.83. The van der Waals surface area contributed by atoms with E-state index < -0.39 is 11.9 Å². The van der Waals surface area contributed by atoms with E-state index in [0.717, 1.165) is 0 Å². The number of aromatic amines is 1. The average molecular weight is 233 g/mol. The van der Waals surface area contributed by atoms with Gasteiger partial charge in [0.1, 0.15) is 0 Å². The number of aromatic nitrogens is 1. The van der Waals surface area contributed by atoms with Gasteiger partial charge in [-0.1, -0.05) is 18.2 Å². The number of hydrogen-bond donors (Lipinski definition) is 3. The molecule has 0 fully saturated rings. The highest BCUT2D eigenvalue weighted by atomic mass is 16.4. The SMILES string of the molecule is O=C(O)/C=C\C(=O)O.c1ccc2[nH]ccc2c1. The summed E-state index contributed by atoms with van der Waals surface area (Å²) in [7, 11) is 0. The van der Waals surface area contributed by atoms with Crippen molar-refractivity contribution >= 4 is 22.8 Å². The summed E-state index contributed by atoms with van der Waals surface area (Å²) in [6, 6.07) is 10.3. The number of nitrogens with one attached hydrogen (secondary N) is 1. The van der Waals surface area contributed by atoms with Crippen LogP contribution in [-0.4, -0.2) is 27.1 Å². The number of hydrogen-bond acceptors (Lipinski definition) is 2. The Kier molecular flexibility index (Phi) is 4.50. The molecule has 1 aromatic heterocycles. The van der Waals surface area contributed by atoms with Crippen molar-refractivity contribution in [3.63, 3.8) is 0 Å². The zero-order valence-electron chi connectivity index (χ0n) is 8.83. The summed E-state index contributed by atoms with van der Waals surface area (Å²) in [5.74, 6) is -2.51. The first-order valence-electron chi connectivity index (χ1n) is 4.75. The molecular weight excluding hydrogens is 222 g/mol. The third-order valence-electron chi connectivity index (χ3n) is 1.83. The molecule has 0 bridgehead atoms. The summed E-state index contributed by atoms with van der Waals surface area (Å²) in [5.41, 5.74) is 1.21. The van der Waals surface area contributed by atoms with E-state index in [0.29, 0.717) is 12.2 Å². The van der Waals surface area contributed by atoms with Crippen LogP contribution in [0.2, 0.25) is 0 Å². The van der Waals surface area contributed by atoms with Gasteiger partial charge in [0.05, 0.1) is 0 Å². The topological polar surface area (TPSA) is 90.4 Å². The first-order chi connectivity index (χ1) is 8.09. The van der Waals surface area contributed by atoms with Crippen molar-refractivity contribution in [3.05, 3.63) is 48.7 Å². The van der Waals surface area contributed by atoms with Crippen LogP contribution in [0.5, 0.6) is 0 Å². The maximum Gasteiger partial charge on any atom is 0.328 e. The minimum Gasteiger partial charge on any atom is -0.478 e. The normalized spacial score (nSPS) is 9.88. The molecule has 2 aromatic rings. The summed E-state index contributed by atoms with van der Waals surface area (Å²) in [6.07, 6.45) is 3.06. The summed E-state index contributed by atoms with van der Waals surface area (Å²) in [5, 5.41) is 16.9. The third-order valence-corrected chi connectivity index (χ3v) is 1.83. The highest BCUT2D eigenvalue weighted by molar-refractivity contribution is 5.89. The fourth-order valence-electron chi connectivity index (χ4n) is 1.14. The standard InChI is InChI=1S/C8H7N.C4H4O4/c1-2-4-8-7(3-1)5-6-9-8;5-3(6)1-2-4(7)8/h1-6,9H;1-2H,(H,5,6)(H,7,8)/b;2-1-. The summed E-state index contributed by atoms with van der Waals surface area (Å²) in [6.45, 7) is 0. The molecule has 0 aliphatic carbocycles. The molecule has 0 aliphatic rings. The fraction of sp³-hybridized carbons (Fsp3) is 0. The number of aliphatic carboxylic acids is 2. The number of benzene rings is 1. The van der Waals surface area contributed by atoms with Crippen molar-refractivity contribution in [2.75, 3.05) is 0 Å². The molecule has 0 amide bonds. The van der Waals surface area contributed by atoms with E-state index >= 15 is 0 Å². The van der Waals surface area contributed by atoms with Gasteiger partial charge >= 0.3 is 11.9 Å². The predicted octanol–water partition coefficient (Wildman–Crippen LogP) is 1.88. The van der Waals surface area contributed by atoms with E-state index in [-0.39, 0.29) is 0 Å². The van der Waals surface area contributed by atoms with Crippen molar-refractivity contribution in [1.82, 2.24) is 4.98 Å². The van der Waals surface area contributed by atoms with Gasteiger partial charge in [0.15, 0.2) is 0 Å². The van der Waals surface area contributed by atoms with E-state index in [1.165, 1.54) is 10.9 Å². The summed E-state index contributed by atoms with van der Waals surface area (Å²) >= 11 is 0. The molecule has 3 N–H and O–H groups in total. The molecule has 0 saturated heterocycles. The molecular formula is C12H11NO4. The number of rotatable bonds is 2. The van der Waals surface area contributed by atoms with E-state index in [1.54, 1.807) is 0 Å². The third kappa shape index (κ3) is 4.65. The van der Waals surface area contributed by atoms with Gasteiger partial charge < -0.3 is 15.2 Å². The van der Waals surface area contributed by atoms with Crippen LogP contribution in [-0.2, 0) is 9.59 Å². The van der Waals surface area contributed by atoms with E-state index in [4.69, 9.17) is 10.2 Å². The highest BCUT2D eigenvalue weighted by Crippen LogP contribution is 2.09. The summed E-state index contributed by atoms with van der Waals surface area (Å²) in [4.78, 5) is 22.2. The Bertz CT molecular complexity index is 496. The van der Waals surface area contributed by atoms with Gasteiger partial charge in [0, 0.05) is 23.9 Å². The molecule has 0 saturated carbocycles. The molecule has 88 valence electrons. The number of carbonyl (C=O) groups is 2. The number of carboxylic acid groups (broad SMARTS) is 2. The van der Waals surface area contributed by atoms with Crippen molar-refractivity contribution < 1.29 is 19.8 Å². The van der Waals surface area contributed by atoms with Gasteiger partial charge in [-0.15, -0.1) is 0 Å². The Morgan fingerprint density at radius 2 is 1.59 bits per heavy atom. The van der Waals surface area contributed by atoms with E-state index in [9.17, 15) is 9.59 Å². The lowest BCUT2D eigenvalue weighted by Gasteiger charge is -1.83. The van der Waals surface area contributed by atoms with Gasteiger partial charge in [0.2, 0.25) is 0 Å². The molecule has 2 rings (SSSR count). The van der Waals surface area contributed by atoms with Crippen LogP contribution in [0.3, 0.4) is 0 Å². The van der Waals surface area contributed by atoms with Crippen LogP contribution >= 0.6 is 0 Å². The second-order valence-electron chi connectivity index (χ2n) is 3.07.